The van der Waals surface area contributed by atoms with Crippen LogP contribution in [0, 0.1) is 20.8 Å². The van der Waals surface area contributed by atoms with Crippen LogP contribution in [-0.4, -0.2) is 35.9 Å². The third kappa shape index (κ3) is 6.88. The number of unbranched alkanes of at least 4 members (excludes halogenated alkanes) is 1. The summed E-state index contributed by atoms with van der Waals surface area (Å²) in [5.74, 6) is 0.113. The zero-order chi connectivity index (χ0) is 23.8. The molecule has 1 unspecified atom stereocenters. The summed E-state index contributed by atoms with van der Waals surface area (Å²) >= 11 is 12.7. The molecular weight excluding hydrogens is 447 g/mol. The molecule has 1 N–H and O–H groups in total. The molecule has 0 aliphatic rings. The second-order valence-electron chi connectivity index (χ2n) is 8.04. The summed E-state index contributed by atoms with van der Waals surface area (Å²) in [4.78, 5) is 27.4. The number of carbonyl (C=O) groups is 2. The molecule has 0 aliphatic carbocycles. The maximum atomic E-state index is 13.2. The Hall–Kier alpha value is -2.24. The normalized spacial score (nSPS) is 11.7. The first kappa shape index (κ1) is 26.0. The zero-order valence-electron chi connectivity index (χ0n) is 19.4. The molecule has 2 aromatic rings. The van der Waals surface area contributed by atoms with Gasteiger partial charge in [-0.15, -0.1) is 0 Å². The zero-order valence-corrected chi connectivity index (χ0v) is 20.9. The minimum atomic E-state index is -0.712. The number of hydrogen-bond donors (Lipinski definition) is 1. The van der Waals surface area contributed by atoms with E-state index in [1.807, 2.05) is 26.8 Å². The van der Waals surface area contributed by atoms with Crippen LogP contribution in [0.15, 0.2) is 30.3 Å². The number of ether oxygens (including phenoxy) is 1. The molecular formula is C25H32Cl2N2O3. The van der Waals surface area contributed by atoms with Crippen molar-refractivity contribution in [3.63, 3.8) is 0 Å². The second-order valence-corrected chi connectivity index (χ2v) is 8.85. The van der Waals surface area contributed by atoms with Crippen LogP contribution in [-0.2, 0) is 16.1 Å². The fourth-order valence-corrected chi connectivity index (χ4v) is 3.86. The van der Waals surface area contributed by atoms with Crippen molar-refractivity contribution in [2.24, 2.45) is 0 Å². The lowest BCUT2D eigenvalue weighted by atomic mass is 10.1. The van der Waals surface area contributed by atoms with Gasteiger partial charge in [-0.1, -0.05) is 48.7 Å². The lowest BCUT2D eigenvalue weighted by Gasteiger charge is -2.29. The molecule has 2 amide bonds. The summed E-state index contributed by atoms with van der Waals surface area (Å²) in [5.41, 5.74) is 3.73. The van der Waals surface area contributed by atoms with E-state index in [1.54, 1.807) is 25.1 Å². The molecule has 7 heteroatoms. The first-order valence-electron chi connectivity index (χ1n) is 10.9. The van der Waals surface area contributed by atoms with Gasteiger partial charge in [0.15, 0.2) is 6.61 Å². The summed E-state index contributed by atoms with van der Waals surface area (Å²) in [6.07, 6.45) is 1.84. The number of rotatable bonds is 10. The predicted octanol–water partition coefficient (Wildman–Crippen LogP) is 5.63. The highest BCUT2D eigenvalue weighted by molar-refractivity contribution is 6.36. The molecule has 0 radical (unpaired) electrons. The number of nitrogens with one attached hydrogen (secondary N) is 1. The number of aryl methyl sites for hydroxylation is 2. The Bertz CT molecular complexity index is 942. The van der Waals surface area contributed by atoms with E-state index < -0.39 is 6.04 Å². The van der Waals surface area contributed by atoms with Gasteiger partial charge in [0, 0.05) is 28.7 Å². The van der Waals surface area contributed by atoms with Gasteiger partial charge in [-0.05, 0) is 69.0 Å². The number of benzene rings is 2. The van der Waals surface area contributed by atoms with Crippen LogP contribution < -0.4 is 10.1 Å². The van der Waals surface area contributed by atoms with E-state index in [9.17, 15) is 9.59 Å². The second kappa shape index (κ2) is 12.1. The Morgan fingerprint density at radius 1 is 1.12 bits per heavy atom. The minimum absolute atomic E-state index is 0.106. The van der Waals surface area contributed by atoms with Gasteiger partial charge in [0.25, 0.3) is 5.91 Å². The molecule has 5 nitrogen and oxygen atoms in total. The first-order chi connectivity index (χ1) is 15.1. The van der Waals surface area contributed by atoms with E-state index in [2.05, 4.69) is 18.3 Å². The average molecular weight is 479 g/mol. The number of nitrogens with zero attached hydrogens (tertiary/aromatic N) is 1. The van der Waals surface area contributed by atoms with Crippen LogP contribution in [0.3, 0.4) is 0 Å². The molecule has 0 heterocycles. The Morgan fingerprint density at radius 3 is 2.41 bits per heavy atom. The topological polar surface area (TPSA) is 58.6 Å². The van der Waals surface area contributed by atoms with Gasteiger partial charge in [-0.25, -0.2) is 0 Å². The third-order valence-corrected chi connectivity index (χ3v) is 6.21. The largest absolute Gasteiger partial charge is 0.483 e. The monoisotopic (exact) mass is 478 g/mol. The molecule has 0 saturated heterocycles. The van der Waals surface area contributed by atoms with Crippen molar-refractivity contribution >= 4 is 35.0 Å². The third-order valence-electron chi connectivity index (χ3n) is 5.50. The van der Waals surface area contributed by atoms with Gasteiger partial charge in [0.1, 0.15) is 11.8 Å². The average Bonchev–Trinajstić information content (AvgIpc) is 2.74. The van der Waals surface area contributed by atoms with Crippen LogP contribution in [0.4, 0.5) is 0 Å². The van der Waals surface area contributed by atoms with Crippen LogP contribution in [0.1, 0.15) is 48.9 Å². The summed E-state index contributed by atoms with van der Waals surface area (Å²) in [5, 5.41) is 3.78. The molecule has 32 heavy (non-hydrogen) atoms. The van der Waals surface area contributed by atoms with Gasteiger partial charge in [0.2, 0.25) is 5.91 Å². The number of halogens is 2. The molecule has 0 spiro atoms. The summed E-state index contributed by atoms with van der Waals surface area (Å²) in [6.45, 7) is 10.2. The Kier molecular flexibility index (Phi) is 9.85. The lowest BCUT2D eigenvalue weighted by Crippen LogP contribution is -2.49. The van der Waals surface area contributed by atoms with E-state index >= 15 is 0 Å². The Balaban J connectivity index is 2.24. The maximum absolute atomic E-state index is 13.2. The van der Waals surface area contributed by atoms with Crippen molar-refractivity contribution in [2.45, 2.75) is 60.0 Å². The Morgan fingerprint density at radius 2 is 1.78 bits per heavy atom. The fourth-order valence-electron chi connectivity index (χ4n) is 3.35. The standard InChI is InChI=1S/C25H32Cl2N2O3/c1-6-7-11-28-25(31)19(5)29(14-20-21(26)9-8-10-22(20)27)24(30)15-32-23-13-16(2)12-17(3)18(23)4/h8-10,12-13,19H,6-7,11,14-15H2,1-5H3,(H,28,31). The van der Waals surface area contributed by atoms with Gasteiger partial charge in [-0.3, -0.25) is 9.59 Å². The van der Waals surface area contributed by atoms with Gasteiger partial charge >= 0.3 is 0 Å². The van der Waals surface area contributed by atoms with Crippen molar-refractivity contribution in [3.05, 3.63) is 62.6 Å². The molecule has 0 aliphatic heterocycles. The van der Waals surface area contributed by atoms with Gasteiger partial charge in [0.05, 0.1) is 0 Å². The van der Waals surface area contributed by atoms with E-state index in [0.29, 0.717) is 27.9 Å². The summed E-state index contributed by atoms with van der Waals surface area (Å²) < 4.78 is 5.88. The minimum Gasteiger partial charge on any atom is -0.483 e. The van der Waals surface area contributed by atoms with E-state index in [1.165, 1.54) is 4.90 Å². The van der Waals surface area contributed by atoms with Crippen molar-refractivity contribution in [1.29, 1.82) is 0 Å². The van der Waals surface area contributed by atoms with Crippen LogP contribution in [0.25, 0.3) is 0 Å². The van der Waals surface area contributed by atoms with Crippen LogP contribution in [0.2, 0.25) is 10.0 Å². The van der Waals surface area contributed by atoms with Crippen molar-refractivity contribution in [1.82, 2.24) is 10.2 Å². The molecule has 0 aromatic heterocycles. The SMILES string of the molecule is CCCCNC(=O)C(C)N(Cc1c(Cl)cccc1Cl)C(=O)COc1cc(C)cc(C)c1C. The number of amides is 2. The van der Waals surface area contributed by atoms with Gasteiger partial charge < -0.3 is 15.0 Å². The molecule has 2 aromatic carbocycles. The predicted molar refractivity (Wildman–Crippen MR) is 131 cm³/mol. The molecule has 1 atom stereocenters. The summed E-state index contributed by atoms with van der Waals surface area (Å²) in [6, 6.07) is 8.44. The highest BCUT2D eigenvalue weighted by Crippen LogP contribution is 2.27. The maximum Gasteiger partial charge on any atom is 0.261 e. The van der Waals surface area contributed by atoms with Crippen molar-refractivity contribution < 1.29 is 14.3 Å². The molecule has 174 valence electrons. The van der Waals surface area contributed by atoms with Gasteiger partial charge in [-0.2, -0.15) is 0 Å². The molecule has 0 saturated carbocycles. The highest BCUT2D eigenvalue weighted by Gasteiger charge is 2.28. The van der Waals surface area contributed by atoms with E-state index in [0.717, 1.165) is 29.5 Å². The Labute approximate surface area is 201 Å². The first-order valence-corrected chi connectivity index (χ1v) is 11.6. The van der Waals surface area contributed by atoms with Crippen LogP contribution >= 0.6 is 23.2 Å². The molecule has 0 bridgehead atoms. The smallest absolute Gasteiger partial charge is 0.261 e. The van der Waals surface area contributed by atoms with E-state index in [4.69, 9.17) is 27.9 Å². The van der Waals surface area contributed by atoms with Crippen LogP contribution in [0.5, 0.6) is 5.75 Å². The number of carbonyl (C=O) groups excluding carboxylic acids is 2. The molecule has 2 rings (SSSR count). The summed E-state index contributed by atoms with van der Waals surface area (Å²) in [7, 11) is 0. The highest BCUT2D eigenvalue weighted by atomic mass is 35.5. The van der Waals surface area contributed by atoms with E-state index in [-0.39, 0.29) is 25.0 Å². The molecule has 0 fully saturated rings. The number of hydrogen-bond acceptors (Lipinski definition) is 3. The lowest BCUT2D eigenvalue weighted by molar-refractivity contribution is -0.142. The quantitative estimate of drug-likeness (QED) is 0.450. The fraction of sp³-hybridized carbons (Fsp3) is 0.440. The van der Waals surface area contributed by atoms with Crippen molar-refractivity contribution in [2.75, 3.05) is 13.2 Å². The van der Waals surface area contributed by atoms with Crippen molar-refractivity contribution in [3.8, 4) is 5.75 Å².